The van der Waals surface area contributed by atoms with Crippen LogP contribution >= 0.6 is 11.6 Å². The summed E-state index contributed by atoms with van der Waals surface area (Å²) in [5, 5.41) is 2.63. The molecule has 1 aliphatic rings. The highest BCUT2D eigenvalue weighted by Gasteiger charge is 2.37. The van der Waals surface area contributed by atoms with E-state index in [0.29, 0.717) is 28.6 Å². The second-order valence-corrected chi connectivity index (χ2v) is 6.35. The molecule has 0 bridgehead atoms. The van der Waals surface area contributed by atoms with E-state index in [1.165, 1.54) is 6.08 Å². The average molecular weight is 385 g/mol. The molecular weight excluding hydrogens is 368 g/mol. The van der Waals surface area contributed by atoms with Crippen LogP contribution in [0.5, 0.6) is 5.75 Å². The summed E-state index contributed by atoms with van der Waals surface area (Å²) in [7, 11) is 0. The van der Waals surface area contributed by atoms with E-state index < -0.39 is 17.8 Å². The summed E-state index contributed by atoms with van der Waals surface area (Å²) in [6.45, 7) is 4.08. The molecule has 7 heteroatoms. The minimum Gasteiger partial charge on any atom is -0.493 e. The normalized spacial score (nSPS) is 15.9. The first-order valence-corrected chi connectivity index (χ1v) is 8.69. The molecule has 1 N–H and O–H groups in total. The van der Waals surface area contributed by atoms with E-state index in [9.17, 15) is 14.4 Å². The fourth-order valence-corrected chi connectivity index (χ4v) is 2.91. The highest BCUT2D eigenvalue weighted by atomic mass is 35.5. The van der Waals surface area contributed by atoms with Gasteiger partial charge in [0.2, 0.25) is 0 Å². The number of imide groups is 2. The maximum Gasteiger partial charge on any atom is 0.335 e. The van der Waals surface area contributed by atoms with Gasteiger partial charge in [-0.05, 0) is 55.8 Å². The molecule has 138 valence electrons. The van der Waals surface area contributed by atoms with Crippen molar-refractivity contribution in [2.45, 2.75) is 13.8 Å². The Morgan fingerprint density at radius 3 is 2.63 bits per heavy atom. The van der Waals surface area contributed by atoms with Crippen LogP contribution < -0.4 is 15.0 Å². The molecule has 0 spiro atoms. The summed E-state index contributed by atoms with van der Waals surface area (Å²) in [5.41, 5.74) is 1.55. The van der Waals surface area contributed by atoms with Crippen molar-refractivity contribution >= 4 is 41.2 Å². The van der Waals surface area contributed by atoms with Crippen LogP contribution in [0.25, 0.3) is 6.08 Å². The molecule has 27 heavy (non-hydrogen) atoms. The van der Waals surface area contributed by atoms with E-state index in [2.05, 4.69) is 5.32 Å². The summed E-state index contributed by atoms with van der Waals surface area (Å²) in [6.07, 6.45) is 1.38. The Kier molecular flexibility index (Phi) is 5.28. The predicted molar refractivity (Wildman–Crippen MR) is 103 cm³/mol. The van der Waals surface area contributed by atoms with Crippen molar-refractivity contribution in [1.29, 1.82) is 0 Å². The van der Waals surface area contributed by atoms with Crippen LogP contribution in [-0.2, 0) is 9.59 Å². The van der Waals surface area contributed by atoms with E-state index in [0.717, 1.165) is 10.5 Å². The molecule has 1 saturated heterocycles. The Morgan fingerprint density at radius 1 is 1.15 bits per heavy atom. The molecule has 0 saturated carbocycles. The first-order chi connectivity index (χ1) is 12.9. The lowest BCUT2D eigenvalue weighted by molar-refractivity contribution is -0.122. The number of rotatable bonds is 4. The van der Waals surface area contributed by atoms with E-state index in [1.54, 1.807) is 36.4 Å². The molecule has 4 amide bonds. The third-order valence-electron chi connectivity index (χ3n) is 3.93. The largest absolute Gasteiger partial charge is 0.493 e. The molecule has 0 radical (unpaired) electrons. The van der Waals surface area contributed by atoms with Crippen LogP contribution in [0, 0.1) is 6.92 Å². The lowest BCUT2D eigenvalue weighted by atomic mass is 10.1. The molecule has 0 atom stereocenters. The van der Waals surface area contributed by atoms with Crippen LogP contribution in [0.4, 0.5) is 10.5 Å². The van der Waals surface area contributed by atoms with Crippen LogP contribution in [0.2, 0.25) is 5.02 Å². The molecule has 6 nitrogen and oxygen atoms in total. The number of nitrogens with one attached hydrogen (secondary N) is 1. The van der Waals surface area contributed by atoms with Gasteiger partial charge in [0.1, 0.15) is 11.3 Å². The fourth-order valence-electron chi connectivity index (χ4n) is 2.73. The Balaban J connectivity index is 2.06. The van der Waals surface area contributed by atoms with Crippen molar-refractivity contribution in [1.82, 2.24) is 5.32 Å². The van der Waals surface area contributed by atoms with E-state index in [1.807, 2.05) is 19.9 Å². The van der Waals surface area contributed by atoms with Gasteiger partial charge in [-0.1, -0.05) is 23.7 Å². The number of barbiturate groups is 1. The van der Waals surface area contributed by atoms with Crippen molar-refractivity contribution in [3.63, 3.8) is 0 Å². The molecule has 3 rings (SSSR count). The molecule has 1 aliphatic heterocycles. The van der Waals surface area contributed by atoms with Gasteiger partial charge in [-0.25, -0.2) is 9.69 Å². The standard InChI is InChI=1S/C20H17ClN2O4/c1-3-27-17-8-7-14(21)10-13(17)11-16-18(24)22-20(26)23(19(16)25)15-6-4-5-12(2)9-15/h4-11H,3H2,1-2H3,(H,22,24,26)/b16-11+. The number of aryl methyl sites for hydroxylation is 1. The summed E-state index contributed by atoms with van der Waals surface area (Å²) in [6, 6.07) is 11.0. The summed E-state index contributed by atoms with van der Waals surface area (Å²) in [5.74, 6) is -0.998. The number of carbonyl (C=O) groups is 3. The zero-order valence-corrected chi connectivity index (χ0v) is 15.5. The zero-order valence-electron chi connectivity index (χ0n) is 14.8. The quantitative estimate of drug-likeness (QED) is 0.644. The van der Waals surface area contributed by atoms with Crippen molar-refractivity contribution in [3.8, 4) is 5.75 Å². The van der Waals surface area contributed by atoms with Gasteiger partial charge in [0, 0.05) is 10.6 Å². The number of benzene rings is 2. The number of hydrogen-bond acceptors (Lipinski definition) is 4. The van der Waals surface area contributed by atoms with Crippen LogP contribution in [0.3, 0.4) is 0 Å². The molecular formula is C20H17ClN2O4. The van der Waals surface area contributed by atoms with E-state index >= 15 is 0 Å². The molecule has 0 unspecified atom stereocenters. The van der Waals surface area contributed by atoms with Gasteiger partial charge in [-0.3, -0.25) is 14.9 Å². The van der Waals surface area contributed by atoms with Gasteiger partial charge in [-0.15, -0.1) is 0 Å². The van der Waals surface area contributed by atoms with Gasteiger partial charge >= 0.3 is 6.03 Å². The lowest BCUT2D eigenvalue weighted by Crippen LogP contribution is -2.54. The van der Waals surface area contributed by atoms with Crippen molar-refractivity contribution in [2.75, 3.05) is 11.5 Å². The maximum atomic E-state index is 12.9. The highest BCUT2D eigenvalue weighted by molar-refractivity contribution is 6.39. The van der Waals surface area contributed by atoms with Crippen LogP contribution in [0.1, 0.15) is 18.1 Å². The Hall–Kier alpha value is -3.12. The topological polar surface area (TPSA) is 75.7 Å². The molecule has 0 aromatic heterocycles. The third-order valence-corrected chi connectivity index (χ3v) is 4.17. The van der Waals surface area contributed by atoms with E-state index in [4.69, 9.17) is 16.3 Å². The first-order valence-electron chi connectivity index (χ1n) is 8.31. The smallest absolute Gasteiger partial charge is 0.335 e. The number of anilines is 1. The number of amides is 4. The lowest BCUT2D eigenvalue weighted by Gasteiger charge is -2.26. The SMILES string of the molecule is CCOc1ccc(Cl)cc1/C=C1\C(=O)NC(=O)N(c2cccc(C)c2)C1=O. The zero-order chi connectivity index (χ0) is 19.6. The number of nitrogens with zero attached hydrogens (tertiary/aromatic N) is 1. The number of hydrogen-bond donors (Lipinski definition) is 1. The van der Waals surface area contributed by atoms with Gasteiger partial charge in [0.25, 0.3) is 11.8 Å². The number of urea groups is 1. The molecule has 2 aromatic rings. The average Bonchev–Trinajstić information content (AvgIpc) is 2.61. The Bertz CT molecular complexity index is 968. The van der Waals surface area contributed by atoms with E-state index in [-0.39, 0.29) is 5.57 Å². The van der Waals surface area contributed by atoms with Gasteiger partial charge in [-0.2, -0.15) is 0 Å². The summed E-state index contributed by atoms with van der Waals surface area (Å²) in [4.78, 5) is 38.4. The van der Waals surface area contributed by atoms with Crippen molar-refractivity contribution in [3.05, 3.63) is 64.2 Å². The van der Waals surface area contributed by atoms with Gasteiger partial charge < -0.3 is 4.74 Å². The highest BCUT2D eigenvalue weighted by Crippen LogP contribution is 2.28. The number of ether oxygens (including phenoxy) is 1. The summed E-state index contributed by atoms with van der Waals surface area (Å²) >= 11 is 6.04. The molecule has 0 aliphatic carbocycles. The summed E-state index contributed by atoms with van der Waals surface area (Å²) < 4.78 is 5.53. The first kappa shape index (κ1) is 18.7. The minimum atomic E-state index is -0.788. The Morgan fingerprint density at radius 2 is 1.93 bits per heavy atom. The van der Waals surface area contributed by atoms with Gasteiger partial charge in [0.05, 0.1) is 12.3 Å². The second-order valence-electron chi connectivity index (χ2n) is 5.91. The van der Waals surface area contributed by atoms with Crippen molar-refractivity contribution < 1.29 is 19.1 Å². The van der Waals surface area contributed by atoms with Crippen LogP contribution in [-0.4, -0.2) is 24.5 Å². The second kappa shape index (κ2) is 7.63. The molecule has 1 heterocycles. The Labute approximate surface area is 161 Å². The number of halogens is 1. The molecule has 2 aromatic carbocycles. The third kappa shape index (κ3) is 3.85. The predicted octanol–water partition coefficient (Wildman–Crippen LogP) is 3.71. The molecule has 1 fully saturated rings. The van der Waals surface area contributed by atoms with Crippen molar-refractivity contribution in [2.24, 2.45) is 0 Å². The fraction of sp³-hybridized carbons (Fsp3) is 0.150. The monoisotopic (exact) mass is 384 g/mol. The maximum absolute atomic E-state index is 12.9. The number of carbonyl (C=O) groups excluding carboxylic acids is 3. The van der Waals surface area contributed by atoms with Gasteiger partial charge in [0.15, 0.2) is 0 Å². The minimum absolute atomic E-state index is 0.181. The van der Waals surface area contributed by atoms with Crippen LogP contribution in [0.15, 0.2) is 48.0 Å².